The van der Waals surface area contributed by atoms with E-state index in [1.807, 2.05) is 49.4 Å². The molecule has 24 heavy (non-hydrogen) atoms. The second-order valence-corrected chi connectivity index (χ2v) is 7.80. The van der Waals surface area contributed by atoms with E-state index in [1.54, 1.807) is 11.8 Å². The number of aromatic nitrogens is 1. The molecule has 0 radical (unpaired) electrons. The maximum Gasteiger partial charge on any atom is 0.279 e. The number of aryl methyl sites for hydroxylation is 2. The Bertz CT molecular complexity index is 959. The largest absolute Gasteiger partial charge is 0.316 e. The molecule has 1 amide bonds. The molecule has 6 heteroatoms. The number of hydrogen-bond donors (Lipinski definition) is 0. The first kappa shape index (κ1) is 17.3. The number of fused-ring (bicyclic) bond motifs is 1. The summed E-state index contributed by atoms with van der Waals surface area (Å²) in [5.41, 5.74) is 2.64. The zero-order chi connectivity index (χ0) is 17.1. The fourth-order valence-electron chi connectivity index (χ4n) is 2.49. The van der Waals surface area contributed by atoms with Crippen LogP contribution >= 0.6 is 34.7 Å². The zero-order valence-corrected chi connectivity index (χ0v) is 15.8. The third-order valence-corrected chi connectivity index (χ3v) is 5.60. The SMILES string of the molecule is CSCCn1c(=NC(=O)c2ccccc2C)sc2cc(Cl)ccc21. The van der Waals surface area contributed by atoms with Crippen LogP contribution in [0.5, 0.6) is 0 Å². The molecule has 0 bridgehead atoms. The molecule has 0 aliphatic rings. The number of hydrogen-bond acceptors (Lipinski definition) is 3. The van der Waals surface area contributed by atoms with E-state index >= 15 is 0 Å². The molecule has 0 saturated carbocycles. The molecule has 1 aromatic heterocycles. The van der Waals surface area contributed by atoms with E-state index in [2.05, 4.69) is 15.8 Å². The molecule has 0 atom stereocenters. The monoisotopic (exact) mass is 376 g/mol. The molecular weight excluding hydrogens is 360 g/mol. The Kier molecular flexibility index (Phi) is 5.43. The molecule has 0 saturated heterocycles. The van der Waals surface area contributed by atoms with E-state index in [4.69, 9.17) is 11.6 Å². The van der Waals surface area contributed by atoms with Crippen molar-refractivity contribution in [2.75, 3.05) is 12.0 Å². The van der Waals surface area contributed by atoms with Crippen LogP contribution in [0.3, 0.4) is 0 Å². The molecule has 0 unspecified atom stereocenters. The van der Waals surface area contributed by atoms with Gasteiger partial charge in [0.2, 0.25) is 0 Å². The van der Waals surface area contributed by atoms with Gasteiger partial charge in [-0.15, -0.1) is 0 Å². The summed E-state index contributed by atoms with van der Waals surface area (Å²) in [5.74, 6) is 0.754. The van der Waals surface area contributed by atoms with Gasteiger partial charge in [0, 0.05) is 22.9 Å². The topological polar surface area (TPSA) is 34.4 Å². The van der Waals surface area contributed by atoms with Crippen LogP contribution in [-0.4, -0.2) is 22.5 Å². The summed E-state index contributed by atoms with van der Waals surface area (Å²) in [4.78, 5) is 17.7. The van der Waals surface area contributed by atoms with E-state index in [9.17, 15) is 4.79 Å². The highest BCUT2D eigenvalue weighted by Crippen LogP contribution is 2.22. The summed E-state index contributed by atoms with van der Waals surface area (Å²) < 4.78 is 3.14. The van der Waals surface area contributed by atoms with Gasteiger partial charge in [0.05, 0.1) is 10.2 Å². The third kappa shape index (κ3) is 3.58. The van der Waals surface area contributed by atoms with Crippen LogP contribution in [-0.2, 0) is 6.54 Å². The minimum Gasteiger partial charge on any atom is -0.316 e. The molecule has 0 aliphatic heterocycles. The minimum atomic E-state index is -0.205. The summed E-state index contributed by atoms with van der Waals surface area (Å²) in [5, 5.41) is 0.692. The quantitative estimate of drug-likeness (QED) is 0.657. The summed E-state index contributed by atoms with van der Waals surface area (Å²) in [6, 6.07) is 13.3. The summed E-state index contributed by atoms with van der Waals surface area (Å²) in [7, 11) is 0. The second kappa shape index (κ2) is 7.55. The van der Waals surface area contributed by atoms with Crippen LogP contribution in [0.15, 0.2) is 47.5 Å². The molecule has 3 rings (SSSR count). The lowest BCUT2D eigenvalue weighted by Crippen LogP contribution is -2.18. The highest BCUT2D eigenvalue weighted by molar-refractivity contribution is 7.98. The lowest BCUT2D eigenvalue weighted by atomic mass is 10.1. The van der Waals surface area contributed by atoms with Gasteiger partial charge < -0.3 is 4.57 Å². The maximum absolute atomic E-state index is 12.6. The average molecular weight is 377 g/mol. The first-order valence-corrected chi connectivity index (χ1v) is 10.1. The number of thiazole rings is 1. The van der Waals surface area contributed by atoms with Crippen molar-refractivity contribution in [3.05, 3.63) is 63.4 Å². The Balaban J connectivity index is 2.13. The number of carbonyl (C=O) groups excluding carboxylic acids is 1. The normalized spacial score (nSPS) is 12.0. The molecule has 2 aromatic carbocycles. The highest BCUT2D eigenvalue weighted by Gasteiger charge is 2.11. The Morgan fingerprint density at radius 1 is 1.29 bits per heavy atom. The van der Waals surface area contributed by atoms with Crippen molar-refractivity contribution in [3.63, 3.8) is 0 Å². The molecule has 3 nitrogen and oxygen atoms in total. The predicted octanol–water partition coefficient (Wildman–Crippen LogP) is 4.77. The van der Waals surface area contributed by atoms with Crippen molar-refractivity contribution < 1.29 is 4.79 Å². The number of carbonyl (C=O) groups is 1. The summed E-state index contributed by atoms with van der Waals surface area (Å²) in [6.07, 6.45) is 2.07. The standard InChI is InChI=1S/C18H17ClN2OS2/c1-12-5-3-4-6-14(12)17(22)20-18-21(9-10-23-2)15-8-7-13(19)11-16(15)24-18/h3-8,11H,9-10H2,1-2H3. The first-order valence-electron chi connectivity index (χ1n) is 7.52. The number of halogens is 1. The van der Waals surface area contributed by atoms with Crippen molar-refractivity contribution in [2.45, 2.75) is 13.5 Å². The van der Waals surface area contributed by atoms with Crippen molar-refractivity contribution >= 4 is 50.8 Å². The minimum absolute atomic E-state index is 0.205. The van der Waals surface area contributed by atoms with E-state index in [-0.39, 0.29) is 5.91 Å². The third-order valence-electron chi connectivity index (χ3n) is 3.74. The predicted molar refractivity (Wildman–Crippen MR) is 104 cm³/mol. The Morgan fingerprint density at radius 2 is 2.08 bits per heavy atom. The highest BCUT2D eigenvalue weighted by atomic mass is 35.5. The molecule has 0 spiro atoms. The van der Waals surface area contributed by atoms with Crippen LogP contribution in [0, 0.1) is 6.92 Å². The van der Waals surface area contributed by atoms with Gasteiger partial charge in [0.1, 0.15) is 0 Å². The van der Waals surface area contributed by atoms with Gasteiger partial charge in [0.15, 0.2) is 4.80 Å². The number of benzene rings is 2. The number of rotatable bonds is 4. The van der Waals surface area contributed by atoms with Gasteiger partial charge in [0.25, 0.3) is 5.91 Å². The molecule has 124 valence electrons. The zero-order valence-electron chi connectivity index (χ0n) is 13.5. The molecule has 0 fully saturated rings. The van der Waals surface area contributed by atoms with Crippen LogP contribution in [0.1, 0.15) is 15.9 Å². The Labute approximate surface area is 154 Å². The average Bonchev–Trinajstić information content (AvgIpc) is 2.89. The van der Waals surface area contributed by atoms with Crippen molar-refractivity contribution in [2.24, 2.45) is 4.99 Å². The van der Waals surface area contributed by atoms with Gasteiger partial charge in [-0.1, -0.05) is 41.1 Å². The molecule has 3 aromatic rings. The van der Waals surface area contributed by atoms with E-state index in [1.165, 1.54) is 11.3 Å². The van der Waals surface area contributed by atoms with Gasteiger partial charge in [-0.3, -0.25) is 4.79 Å². The lowest BCUT2D eigenvalue weighted by Gasteiger charge is -2.04. The number of nitrogens with zero attached hydrogens (tertiary/aromatic N) is 2. The molecule has 0 N–H and O–H groups in total. The maximum atomic E-state index is 12.6. The summed E-state index contributed by atoms with van der Waals surface area (Å²) >= 11 is 9.37. The van der Waals surface area contributed by atoms with E-state index in [0.29, 0.717) is 10.6 Å². The number of amides is 1. The van der Waals surface area contributed by atoms with E-state index in [0.717, 1.165) is 32.9 Å². The van der Waals surface area contributed by atoms with Crippen molar-refractivity contribution in [1.82, 2.24) is 4.57 Å². The van der Waals surface area contributed by atoms with Gasteiger partial charge in [-0.2, -0.15) is 16.8 Å². The number of thioether (sulfide) groups is 1. The van der Waals surface area contributed by atoms with Gasteiger partial charge >= 0.3 is 0 Å². The fraction of sp³-hybridized carbons (Fsp3) is 0.222. The van der Waals surface area contributed by atoms with Crippen LogP contribution < -0.4 is 4.80 Å². The first-order chi connectivity index (χ1) is 11.6. The molecule has 1 heterocycles. The summed E-state index contributed by atoms with van der Waals surface area (Å²) in [6.45, 7) is 2.73. The molecular formula is C18H17ClN2OS2. The van der Waals surface area contributed by atoms with Crippen LogP contribution in [0.4, 0.5) is 0 Å². The Hall–Kier alpha value is -1.56. The smallest absolute Gasteiger partial charge is 0.279 e. The fourth-order valence-corrected chi connectivity index (χ4v) is 4.19. The van der Waals surface area contributed by atoms with Crippen LogP contribution in [0.2, 0.25) is 5.02 Å². The Morgan fingerprint density at radius 3 is 2.83 bits per heavy atom. The van der Waals surface area contributed by atoms with Crippen molar-refractivity contribution in [3.8, 4) is 0 Å². The second-order valence-electron chi connectivity index (χ2n) is 5.37. The molecule has 0 aliphatic carbocycles. The van der Waals surface area contributed by atoms with E-state index < -0.39 is 0 Å². The van der Waals surface area contributed by atoms with Crippen molar-refractivity contribution in [1.29, 1.82) is 0 Å². The lowest BCUT2D eigenvalue weighted by molar-refractivity contribution is 0.0997. The van der Waals surface area contributed by atoms with Crippen LogP contribution in [0.25, 0.3) is 10.2 Å². The van der Waals surface area contributed by atoms with Gasteiger partial charge in [-0.25, -0.2) is 0 Å². The van der Waals surface area contributed by atoms with Gasteiger partial charge in [-0.05, 0) is 43.0 Å².